The van der Waals surface area contributed by atoms with E-state index in [0.29, 0.717) is 19.0 Å². The van der Waals surface area contributed by atoms with E-state index in [1.165, 1.54) is 0 Å². The molecule has 0 fully saturated rings. The number of carbonyl (C=O) groups excluding carboxylic acids is 1. The quantitative estimate of drug-likeness (QED) is 0.781. The van der Waals surface area contributed by atoms with Gasteiger partial charge in [0.15, 0.2) is 0 Å². The maximum Gasteiger partial charge on any atom is 0.431 e. The largest absolute Gasteiger partial charge is 0.431 e. The Balaban J connectivity index is 1.85. The Kier molecular flexibility index (Phi) is 4.86. The molecule has 4 N–H and O–H groups in total. The molecule has 26 heavy (non-hydrogen) atoms. The van der Waals surface area contributed by atoms with E-state index < -0.39 is 23.3 Å². The summed E-state index contributed by atoms with van der Waals surface area (Å²) < 4.78 is 37.9. The van der Waals surface area contributed by atoms with Gasteiger partial charge >= 0.3 is 6.18 Å². The number of aromatic amines is 1. The predicted octanol–water partition coefficient (Wildman–Crippen LogP) is 2.66. The number of carbonyl (C=O) groups is 1. The predicted molar refractivity (Wildman–Crippen MR) is 89.5 cm³/mol. The number of alkyl halides is 3. The molecular formula is C18H18F3N3O2. The second kappa shape index (κ2) is 6.95. The number of H-pyrrole nitrogens is 1. The molecule has 0 saturated heterocycles. The van der Waals surface area contributed by atoms with Crippen LogP contribution in [0, 0.1) is 0 Å². The van der Waals surface area contributed by atoms with Crippen molar-refractivity contribution in [2.24, 2.45) is 5.73 Å². The van der Waals surface area contributed by atoms with Crippen molar-refractivity contribution in [2.75, 3.05) is 0 Å². The first-order chi connectivity index (χ1) is 12.3. The lowest BCUT2D eigenvalue weighted by atomic mass is 9.84. The molecule has 0 saturated carbocycles. The molecule has 0 aliphatic heterocycles. The van der Waals surface area contributed by atoms with Crippen LogP contribution in [-0.4, -0.2) is 10.9 Å². The first-order valence-corrected chi connectivity index (χ1v) is 8.23. The summed E-state index contributed by atoms with van der Waals surface area (Å²) in [5.41, 5.74) is 6.20. The number of aromatic nitrogens is 1. The van der Waals surface area contributed by atoms with Gasteiger partial charge in [0.2, 0.25) is 0 Å². The van der Waals surface area contributed by atoms with Gasteiger partial charge < -0.3 is 16.0 Å². The summed E-state index contributed by atoms with van der Waals surface area (Å²) in [7, 11) is 0. The standard InChI is InChI=1S/C18H18F3N3O2/c19-18(20,21)15-8-7-13(17(26)24-15)16(25)23-14-6-2-4-11-10(9-22)3-1-5-12(11)14/h1,3,5,7-8,14H,2,4,6,9,22H2,(H,23,25)(H,24,26). The molecule has 8 heteroatoms. The van der Waals surface area contributed by atoms with Gasteiger partial charge in [0.25, 0.3) is 11.5 Å². The zero-order valence-corrected chi connectivity index (χ0v) is 13.8. The fraction of sp³-hybridized carbons (Fsp3) is 0.333. The number of hydrogen-bond acceptors (Lipinski definition) is 3. The van der Waals surface area contributed by atoms with E-state index >= 15 is 0 Å². The van der Waals surface area contributed by atoms with E-state index in [4.69, 9.17) is 5.73 Å². The lowest BCUT2D eigenvalue weighted by molar-refractivity contribution is -0.141. The maximum absolute atomic E-state index is 12.6. The molecule has 1 aromatic carbocycles. The highest BCUT2D eigenvalue weighted by molar-refractivity contribution is 5.94. The van der Waals surface area contributed by atoms with Gasteiger partial charge in [-0.05, 0) is 48.1 Å². The van der Waals surface area contributed by atoms with Crippen LogP contribution in [-0.2, 0) is 19.1 Å². The van der Waals surface area contributed by atoms with E-state index in [1.54, 1.807) is 4.98 Å². The van der Waals surface area contributed by atoms with Crippen LogP contribution in [0.1, 0.15) is 51.6 Å². The first-order valence-electron chi connectivity index (χ1n) is 8.23. The Morgan fingerprint density at radius 3 is 2.69 bits per heavy atom. The van der Waals surface area contributed by atoms with Crippen LogP contribution in [0.25, 0.3) is 0 Å². The summed E-state index contributed by atoms with van der Waals surface area (Å²) in [5, 5.41) is 2.76. The Morgan fingerprint density at radius 1 is 1.27 bits per heavy atom. The summed E-state index contributed by atoms with van der Waals surface area (Å²) >= 11 is 0. The number of amides is 1. The molecule has 1 heterocycles. The minimum atomic E-state index is -4.67. The van der Waals surface area contributed by atoms with Crippen LogP contribution in [0.15, 0.2) is 35.1 Å². The van der Waals surface area contributed by atoms with Crippen molar-refractivity contribution < 1.29 is 18.0 Å². The molecule has 0 spiro atoms. The molecule has 2 aromatic rings. The van der Waals surface area contributed by atoms with E-state index in [1.807, 2.05) is 18.2 Å². The van der Waals surface area contributed by atoms with Crippen molar-refractivity contribution in [3.05, 3.63) is 68.6 Å². The zero-order valence-electron chi connectivity index (χ0n) is 13.8. The third-order valence-corrected chi connectivity index (χ3v) is 4.59. The molecule has 138 valence electrons. The number of nitrogens with one attached hydrogen (secondary N) is 2. The molecule has 0 bridgehead atoms. The molecule has 1 aliphatic carbocycles. The van der Waals surface area contributed by atoms with Gasteiger partial charge in [-0.15, -0.1) is 0 Å². The maximum atomic E-state index is 12.6. The number of pyridine rings is 1. The van der Waals surface area contributed by atoms with E-state index in [2.05, 4.69) is 5.32 Å². The average molecular weight is 365 g/mol. The number of benzene rings is 1. The lowest BCUT2D eigenvalue weighted by Gasteiger charge is -2.28. The number of halogens is 3. The fourth-order valence-corrected chi connectivity index (χ4v) is 3.32. The monoisotopic (exact) mass is 365 g/mol. The Bertz CT molecular complexity index is 890. The SMILES string of the molecule is NCc1cccc2c1CCCC2NC(=O)c1ccc(C(F)(F)F)[nH]c1=O. The minimum Gasteiger partial charge on any atom is -0.345 e. The molecule has 1 aromatic heterocycles. The summed E-state index contributed by atoms with van der Waals surface area (Å²) in [5.74, 6) is -0.698. The normalized spacial score (nSPS) is 16.8. The molecule has 5 nitrogen and oxygen atoms in total. The van der Waals surface area contributed by atoms with Crippen LogP contribution in [0.4, 0.5) is 13.2 Å². The third kappa shape index (κ3) is 3.50. The van der Waals surface area contributed by atoms with Crippen LogP contribution < -0.4 is 16.6 Å². The summed E-state index contributed by atoms with van der Waals surface area (Å²) in [6.07, 6.45) is -2.28. The highest BCUT2D eigenvalue weighted by Gasteiger charge is 2.32. The highest BCUT2D eigenvalue weighted by atomic mass is 19.4. The molecule has 3 rings (SSSR count). The van der Waals surface area contributed by atoms with Gasteiger partial charge in [0.1, 0.15) is 11.3 Å². The minimum absolute atomic E-state index is 0.306. The second-order valence-corrected chi connectivity index (χ2v) is 6.22. The fourth-order valence-electron chi connectivity index (χ4n) is 3.32. The Hall–Kier alpha value is -2.61. The Labute approximate surface area is 147 Å². The van der Waals surface area contributed by atoms with Crippen molar-refractivity contribution in [1.29, 1.82) is 0 Å². The first kappa shape index (κ1) is 18.2. The number of rotatable bonds is 3. The average Bonchev–Trinajstić information content (AvgIpc) is 2.60. The number of fused-ring (bicyclic) bond motifs is 1. The van der Waals surface area contributed by atoms with E-state index in [0.717, 1.165) is 35.6 Å². The Morgan fingerprint density at radius 2 is 2.04 bits per heavy atom. The molecule has 1 amide bonds. The van der Waals surface area contributed by atoms with Crippen LogP contribution in [0.2, 0.25) is 0 Å². The van der Waals surface area contributed by atoms with E-state index in [9.17, 15) is 22.8 Å². The topological polar surface area (TPSA) is 88.0 Å². The van der Waals surface area contributed by atoms with Crippen LogP contribution >= 0.6 is 0 Å². The lowest BCUT2D eigenvalue weighted by Crippen LogP contribution is -2.35. The van der Waals surface area contributed by atoms with E-state index in [-0.39, 0.29) is 11.6 Å². The molecular weight excluding hydrogens is 347 g/mol. The highest BCUT2D eigenvalue weighted by Crippen LogP contribution is 2.32. The number of hydrogen-bond donors (Lipinski definition) is 3. The second-order valence-electron chi connectivity index (χ2n) is 6.22. The summed E-state index contributed by atoms with van der Waals surface area (Å²) in [4.78, 5) is 26.0. The molecule has 0 radical (unpaired) electrons. The summed E-state index contributed by atoms with van der Waals surface area (Å²) in [6.45, 7) is 0.391. The summed E-state index contributed by atoms with van der Waals surface area (Å²) in [6, 6.07) is 6.98. The zero-order chi connectivity index (χ0) is 18.9. The number of nitrogens with two attached hydrogens (primary N) is 1. The van der Waals surface area contributed by atoms with Gasteiger partial charge in [-0.2, -0.15) is 13.2 Å². The van der Waals surface area contributed by atoms with Crippen molar-refractivity contribution in [3.63, 3.8) is 0 Å². The van der Waals surface area contributed by atoms with Crippen molar-refractivity contribution in [3.8, 4) is 0 Å². The molecule has 1 aliphatic rings. The van der Waals surface area contributed by atoms with Crippen molar-refractivity contribution >= 4 is 5.91 Å². The van der Waals surface area contributed by atoms with Gasteiger partial charge in [-0.1, -0.05) is 18.2 Å². The van der Waals surface area contributed by atoms with Gasteiger partial charge in [-0.25, -0.2) is 0 Å². The van der Waals surface area contributed by atoms with Crippen LogP contribution in [0.5, 0.6) is 0 Å². The van der Waals surface area contributed by atoms with Crippen LogP contribution in [0.3, 0.4) is 0 Å². The third-order valence-electron chi connectivity index (χ3n) is 4.59. The van der Waals surface area contributed by atoms with Crippen molar-refractivity contribution in [2.45, 2.75) is 38.0 Å². The smallest absolute Gasteiger partial charge is 0.345 e. The van der Waals surface area contributed by atoms with Crippen molar-refractivity contribution in [1.82, 2.24) is 10.3 Å². The van der Waals surface area contributed by atoms with Gasteiger partial charge in [0, 0.05) is 6.54 Å². The molecule has 1 unspecified atom stereocenters. The van der Waals surface area contributed by atoms with Gasteiger partial charge in [-0.3, -0.25) is 9.59 Å². The molecule has 1 atom stereocenters. The van der Waals surface area contributed by atoms with Gasteiger partial charge in [0.05, 0.1) is 6.04 Å².